The lowest BCUT2D eigenvalue weighted by Crippen LogP contribution is -2.48. The van der Waals surface area contributed by atoms with Gasteiger partial charge in [-0.1, -0.05) is 23.2 Å². The lowest BCUT2D eigenvalue weighted by Gasteiger charge is -2.36. The van der Waals surface area contributed by atoms with Gasteiger partial charge in [-0.15, -0.1) is 0 Å². The van der Waals surface area contributed by atoms with Crippen LogP contribution in [0.5, 0.6) is 5.75 Å². The molecular weight excluding hydrogens is 289 g/mol. The zero-order valence-electron chi connectivity index (χ0n) is 10.3. The minimum absolute atomic E-state index is 0.117. The number of rotatable bonds is 5. The molecule has 2 rings (SSSR count). The molecule has 0 heterocycles. The predicted octanol–water partition coefficient (Wildman–Crippen LogP) is 2.40. The predicted molar refractivity (Wildman–Crippen MR) is 73.8 cm³/mol. The van der Waals surface area contributed by atoms with Gasteiger partial charge >= 0.3 is 0 Å². The highest BCUT2D eigenvalue weighted by Gasteiger charge is 2.34. The largest absolute Gasteiger partial charge is 0.484 e. The third-order valence-electron chi connectivity index (χ3n) is 3.16. The standard InChI is InChI=1S/C13H15Cl2NO3/c14-10-3-2-9(6-11(10)15)19-7-12(17)16-8-13(18)4-1-5-13/h2-3,6,18H,1,4-5,7-8H2,(H,16,17). The third-order valence-corrected chi connectivity index (χ3v) is 3.90. The second-order valence-corrected chi connectivity index (χ2v) is 5.53. The summed E-state index contributed by atoms with van der Waals surface area (Å²) in [5, 5.41) is 13.3. The van der Waals surface area contributed by atoms with E-state index in [-0.39, 0.29) is 19.1 Å². The highest BCUT2D eigenvalue weighted by Crippen LogP contribution is 2.30. The fourth-order valence-corrected chi connectivity index (χ4v) is 2.08. The topological polar surface area (TPSA) is 58.6 Å². The molecule has 104 valence electrons. The molecule has 2 N–H and O–H groups in total. The molecule has 0 saturated heterocycles. The van der Waals surface area contributed by atoms with E-state index in [4.69, 9.17) is 27.9 Å². The van der Waals surface area contributed by atoms with E-state index >= 15 is 0 Å². The number of hydrogen-bond donors (Lipinski definition) is 2. The molecule has 0 spiro atoms. The van der Waals surface area contributed by atoms with Crippen LogP contribution in [-0.4, -0.2) is 29.8 Å². The van der Waals surface area contributed by atoms with Crippen molar-refractivity contribution < 1.29 is 14.6 Å². The molecule has 0 aromatic heterocycles. The fourth-order valence-electron chi connectivity index (χ4n) is 1.79. The molecule has 1 aromatic carbocycles. The van der Waals surface area contributed by atoms with Crippen LogP contribution in [0.25, 0.3) is 0 Å². The zero-order chi connectivity index (χ0) is 13.9. The molecule has 1 aliphatic rings. The highest BCUT2D eigenvalue weighted by atomic mass is 35.5. The monoisotopic (exact) mass is 303 g/mol. The Kier molecular flexibility index (Phi) is 4.55. The van der Waals surface area contributed by atoms with Gasteiger partial charge in [0, 0.05) is 12.6 Å². The number of nitrogens with one attached hydrogen (secondary N) is 1. The summed E-state index contributed by atoms with van der Waals surface area (Å²) in [6, 6.07) is 4.80. The van der Waals surface area contributed by atoms with Crippen LogP contribution in [0.3, 0.4) is 0 Å². The number of carbonyl (C=O) groups is 1. The molecule has 19 heavy (non-hydrogen) atoms. The van der Waals surface area contributed by atoms with Gasteiger partial charge in [0.1, 0.15) is 5.75 Å². The molecular formula is C13H15Cl2NO3. The zero-order valence-corrected chi connectivity index (χ0v) is 11.8. The van der Waals surface area contributed by atoms with Crippen molar-refractivity contribution in [2.45, 2.75) is 24.9 Å². The van der Waals surface area contributed by atoms with E-state index in [1.54, 1.807) is 18.2 Å². The molecule has 6 heteroatoms. The van der Waals surface area contributed by atoms with E-state index in [2.05, 4.69) is 5.32 Å². The van der Waals surface area contributed by atoms with Crippen LogP contribution >= 0.6 is 23.2 Å². The minimum Gasteiger partial charge on any atom is -0.484 e. The van der Waals surface area contributed by atoms with Crippen LogP contribution in [0, 0.1) is 0 Å². The lowest BCUT2D eigenvalue weighted by atomic mass is 9.80. The van der Waals surface area contributed by atoms with Crippen LogP contribution in [-0.2, 0) is 4.79 Å². The fraction of sp³-hybridized carbons (Fsp3) is 0.462. The third kappa shape index (κ3) is 4.00. The van der Waals surface area contributed by atoms with Crippen molar-refractivity contribution in [1.29, 1.82) is 0 Å². The molecule has 0 radical (unpaired) electrons. The minimum atomic E-state index is -0.723. The summed E-state index contributed by atoms with van der Waals surface area (Å²) in [5.41, 5.74) is -0.723. The molecule has 1 aromatic rings. The van der Waals surface area contributed by atoms with E-state index in [0.29, 0.717) is 15.8 Å². The second kappa shape index (κ2) is 5.99. The van der Waals surface area contributed by atoms with Gasteiger partial charge in [-0.25, -0.2) is 0 Å². The Morgan fingerprint density at radius 3 is 2.68 bits per heavy atom. The van der Waals surface area contributed by atoms with Crippen molar-refractivity contribution in [2.75, 3.05) is 13.2 Å². The SMILES string of the molecule is O=C(COc1ccc(Cl)c(Cl)c1)NCC1(O)CCC1. The van der Waals surface area contributed by atoms with Crippen LogP contribution < -0.4 is 10.1 Å². The van der Waals surface area contributed by atoms with E-state index in [1.807, 2.05) is 0 Å². The van der Waals surface area contributed by atoms with E-state index in [0.717, 1.165) is 19.3 Å². The Morgan fingerprint density at radius 1 is 1.37 bits per heavy atom. The number of carbonyl (C=O) groups excluding carboxylic acids is 1. The molecule has 4 nitrogen and oxygen atoms in total. The number of halogens is 2. The van der Waals surface area contributed by atoms with Crippen molar-refractivity contribution in [2.24, 2.45) is 0 Å². The van der Waals surface area contributed by atoms with Gasteiger partial charge in [-0.2, -0.15) is 0 Å². The van der Waals surface area contributed by atoms with E-state index in [1.165, 1.54) is 0 Å². The number of ether oxygens (including phenoxy) is 1. The number of aliphatic hydroxyl groups is 1. The highest BCUT2D eigenvalue weighted by molar-refractivity contribution is 6.42. The van der Waals surface area contributed by atoms with Gasteiger partial charge < -0.3 is 15.2 Å². The maximum atomic E-state index is 11.5. The summed E-state index contributed by atoms with van der Waals surface area (Å²) < 4.78 is 5.28. The maximum Gasteiger partial charge on any atom is 0.258 e. The van der Waals surface area contributed by atoms with Gasteiger partial charge in [0.15, 0.2) is 6.61 Å². The van der Waals surface area contributed by atoms with Crippen LogP contribution in [0.15, 0.2) is 18.2 Å². The van der Waals surface area contributed by atoms with Gasteiger partial charge in [0.25, 0.3) is 5.91 Å². The summed E-state index contributed by atoms with van der Waals surface area (Å²) in [4.78, 5) is 11.5. The molecule has 1 fully saturated rings. The first-order valence-electron chi connectivity index (χ1n) is 6.05. The summed E-state index contributed by atoms with van der Waals surface area (Å²) in [7, 11) is 0. The van der Waals surface area contributed by atoms with Gasteiger partial charge in [-0.3, -0.25) is 4.79 Å². The van der Waals surface area contributed by atoms with Gasteiger partial charge in [-0.05, 0) is 31.4 Å². The first kappa shape index (κ1) is 14.4. The molecule has 0 bridgehead atoms. The smallest absolute Gasteiger partial charge is 0.258 e. The van der Waals surface area contributed by atoms with E-state index in [9.17, 15) is 9.90 Å². The Labute approximate surface area is 121 Å². The first-order valence-corrected chi connectivity index (χ1v) is 6.81. The summed E-state index contributed by atoms with van der Waals surface area (Å²) in [5.74, 6) is 0.207. The van der Waals surface area contributed by atoms with Gasteiger partial charge in [0.05, 0.1) is 15.6 Å². The summed E-state index contributed by atoms with van der Waals surface area (Å²) in [6.45, 7) is 0.157. The second-order valence-electron chi connectivity index (χ2n) is 4.72. The first-order chi connectivity index (χ1) is 8.98. The Bertz CT molecular complexity index is 475. The van der Waals surface area contributed by atoms with Crippen molar-refractivity contribution in [3.8, 4) is 5.75 Å². The van der Waals surface area contributed by atoms with Gasteiger partial charge in [0.2, 0.25) is 0 Å². The summed E-state index contributed by atoms with van der Waals surface area (Å²) >= 11 is 11.6. The Morgan fingerprint density at radius 2 is 2.11 bits per heavy atom. The Balaban J connectivity index is 1.75. The van der Waals surface area contributed by atoms with E-state index < -0.39 is 5.60 Å². The van der Waals surface area contributed by atoms with Crippen molar-refractivity contribution in [3.05, 3.63) is 28.2 Å². The van der Waals surface area contributed by atoms with Crippen LogP contribution in [0.4, 0.5) is 0 Å². The average molecular weight is 304 g/mol. The molecule has 1 amide bonds. The Hall–Kier alpha value is -0.970. The quantitative estimate of drug-likeness (QED) is 0.878. The van der Waals surface area contributed by atoms with Crippen molar-refractivity contribution >= 4 is 29.1 Å². The number of benzene rings is 1. The maximum absolute atomic E-state index is 11.5. The molecule has 0 unspecified atom stereocenters. The molecule has 1 aliphatic carbocycles. The molecule has 0 aliphatic heterocycles. The number of amides is 1. The molecule has 1 saturated carbocycles. The normalized spacial score (nSPS) is 16.6. The van der Waals surface area contributed by atoms with Crippen LogP contribution in [0.2, 0.25) is 10.0 Å². The molecule has 0 atom stereocenters. The average Bonchev–Trinajstić information content (AvgIpc) is 2.35. The number of hydrogen-bond acceptors (Lipinski definition) is 3. The lowest BCUT2D eigenvalue weighted by molar-refractivity contribution is -0.125. The van der Waals surface area contributed by atoms with Crippen molar-refractivity contribution in [1.82, 2.24) is 5.32 Å². The summed E-state index contributed by atoms with van der Waals surface area (Å²) in [6.07, 6.45) is 2.48. The van der Waals surface area contributed by atoms with Crippen molar-refractivity contribution in [3.63, 3.8) is 0 Å². The van der Waals surface area contributed by atoms with Crippen LogP contribution in [0.1, 0.15) is 19.3 Å².